The van der Waals surface area contributed by atoms with Gasteiger partial charge in [-0.1, -0.05) is 6.07 Å². The number of rotatable bonds is 3. The summed E-state index contributed by atoms with van der Waals surface area (Å²) in [5, 5.41) is 3.47. The van der Waals surface area contributed by atoms with Crippen molar-refractivity contribution in [3.63, 3.8) is 0 Å². The lowest BCUT2D eigenvalue weighted by molar-refractivity contribution is -0.147. The first-order valence-corrected chi connectivity index (χ1v) is 8.06. The molecule has 5 nitrogen and oxygen atoms in total. The van der Waals surface area contributed by atoms with Crippen molar-refractivity contribution >= 4 is 0 Å². The van der Waals surface area contributed by atoms with Crippen molar-refractivity contribution in [2.75, 3.05) is 13.1 Å². The molecule has 142 valence electrons. The molecule has 0 N–H and O–H groups in total. The zero-order valence-corrected chi connectivity index (χ0v) is 13.9. The van der Waals surface area contributed by atoms with Crippen molar-refractivity contribution in [1.82, 2.24) is 19.2 Å². The van der Waals surface area contributed by atoms with Crippen molar-refractivity contribution < 1.29 is 22.0 Å². The number of likely N-dealkylation sites (tertiary alicyclic amines) is 1. The van der Waals surface area contributed by atoms with Gasteiger partial charge in [0, 0.05) is 26.7 Å². The Kier molecular flexibility index (Phi) is 4.87. The molecule has 3 rings (SSSR count). The summed E-state index contributed by atoms with van der Waals surface area (Å²) in [6, 6.07) is 3.25. The molecule has 0 atom stereocenters. The van der Waals surface area contributed by atoms with E-state index in [1.165, 1.54) is 6.07 Å². The number of hydrogen-bond acceptors (Lipinski definition) is 3. The van der Waals surface area contributed by atoms with Crippen LogP contribution in [0.15, 0.2) is 23.0 Å². The van der Waals surface area contributed by atoms with Crippen LogP contribution in [-0.4, -0.2) is 32.3 Å². The Morgan fingerprint density at radius 3 is 2.35 bits per heavy atom. The fourth-order valence-corrected chi connectivity index (χ4v) is 3.16. The third kappa shape index (κ3) is 3.64. The second kappa shape index (κ2) is 6.82. The van der Waals surface area contributed by atoms with Crippen LogP contribution >= 0.6 is 0 Å². The molecule has 1 aromatic heterocycles. The van der Waals surface area contributed by atoms with Gasteiger partial charge < -0.3 is 0 Å². The molecule has 0 spiro atoms. The smallest absolute Gasteiger partial charge is 0.299 e. The SMILES string of the molecule is Cn1c(C(F)(F)F)nn(C2CCN(Cc3ccc(F)c(F)c3)CC2)c1=O. The van der Waals surface area contributed by atoms with Crippen LogP contribution < -0.4 is 5.69 Å². The van der Waals surface area contributed by atoms with E-state index in [2.05, 4.69) is 5.10 Å². The van der Waals surface area contributed by atoms with Crippen LogP contribution in [0.4, 0.5) is 22.0 Å². The van der Waals surface area contributed by atoms with Crippen LogP contribution in [0.1, 0.15) is 30.3 Å². The van der Waals surface area contributed by atoms with Gasteiger partial charge in [0.1, 0.15) is 0 Å². The molecular formula is C16H17F5N4O. The Morgan fingerprint density at radius 2 is 1.81 bits per heavy atom. The standard InChI is InChI=1S/C16H17F5N4O/c1-23-14(16(19,20)21)22-25(15(23)26)11-4-6-24(7-5-11)9-10-2-3-12(17)13(18)8-10/h2-3,8,11H,4-7,9H2,1H3. The number of nitrogens with zero attached hydrogens (tertiary/aromatic N) is 4. The van der Waals surface area contributed by atoms with Gasteiger partial charge in [-0.2, -0.15) is 13.2 Å². The fourth-order valence-electron chi connectivity index (χ4n) is 3.16. The maximum Gasteiger partial charge on any atom is 0.451 e. The minimum Gasteiger partial charge on any atom is -0.299 e. The van der Waals surface area contributed by atoms with E-state index in [4.69, 9.17) is 0 Å². The number of piperidine rings is 1. The highest BCUT2D eigenvalue weighted by molar-refractivity contribution is 5.17. The maximum absolute atomic E-state index is 13.3. The molecule has 10 heteroatoms. The Hall–Kier alpha value is -2.23. The lowest BCUT2D eigenvalue weighted by Gasteiger charge is -2.31. The van der Waals surface area contributed by atoms with Crippen LogP contribution in [-0.2, 0) is 19.8 Å². The van der Waals surface area contributed by atoms with Gasteiger partial charge in [-0.15, -0.1) is 5.10 Å². The molecule has 1 aliphatic rings. The quantitative estimate of drug-likeness (QED) is 0.774. The van der Waals surface area contributed by atoms with Crippen molar-refractivity contribution in [3.8, 4) is 0 Å². The van der Waals surface area contributed by atoms with Crippen LogP contribution in [0.2, 0.25) is 0 Å². The maximum atomic E-state index is 13.3. The lowest BCUT2D eigenvalue weighted by atomic mass is 10.0. The number of aromatic nitrogens is 3. The Labute approximate surface area is 145 Å². The molecule has 0 aliphatic carbocycles. The van der Waals surface area contributed by atoms with Crippen LogP contribution in [0, 0.1) is 11.6 Å². The first-order chi connectivity index (χ1) is 12.2. The van der Waals surface area contributed by atoms with Crippen molar-refractivity contribution in [2.45, 2.75) is 31.6 Å². The van der Waals surface area contributed by atoms with Gasteiger partial charge in [0.25, 0.3) is 0 Å². The summed E-state index contributed by atoms with van der Waals surface area (Å²) in [6.45, 7) is 1.41. The molecule has 0 bridgehead atoms. The Morgan fingerprint density at radius 1 is 1.15 bits per heavy atom. The van der Waals surface area contributed by atoms with Crippen LogP contribution in [0.5, 0.6) is 0 Å². The largest absolute Gasteiger partial charge is 0.451 e. The predicted octanol–water partition coefficient (Wildman–Crippen LogP) is 2.72. The average molecular weight is 376 g/mol. The number of alkyl halides is 3. The first kappa shape index (κ1) is 18.6. The minimum absolute atomic E-state index is 0.398. The molecule has 0 amide bonds. The summed E-state index contributed by atoms with van der Waals surface area (Å²) in [4.78, 5) is 14.0. The number of halogens is 5. The minimum atomic E-state index is -4.69. The highest BCUT2D eigenvalue weighted by Crippen LogP contribution is 2.28. The van der Waals surface area contributed by atoms with Crippen molar-refractivity contribution in [1.29, 1.82) is 0 Å². The number of hydrogen-bond donors (Lipinski definition) is 0. The van der Waals surface area contributed by atoms with Gasteiger partial charge in [0.15, 0.2) is 11.6 Å². The molecule has 0 saturated carbocycles. The lowest BCUT2D eigenvalue weighted by Crippen LogP contribution is -2.37. The van der Waals surface area contributed by atoms with Gasteiger partial charge in [0.05, 0.1) is 6.04 Å². The van der Waals surface area contributed by atoms with E-state index in [0.29, 0.717) is 42.6 Å². The average Bonchev–Trinajstić information content (AvgIpc) is 2.88. The molecule has 0 unspecified atom stereocenters. The third-order valence-corrected chi connectivity index (χ3v) is 4.55. The summed E-state index contributed by atoms with van der Waals surface area (Å²) >= 11 is 0. The summed E-state index contributed by atoms with van der Waals surface area (Å²) in [7, 11) is 1.05. The van der Waals surface area contributed by atoms with Crippen molar-refractivity contribution in [3.05, 3.63) is 51.7 Å². The molecule has 1 fully saturated rings. The summed E-state index contributed by atoms with van der Waals surface area (Å²) in [6.07, 6.45) is -3.80. The van der Waals surface area contributed by atoms with Gasteiger partial charge in [-0.3, -0.25) is 9.47 Å². The van der Waals surface area contributed by atoms with E-state index in [1.807, 2.05) is 4.90 Å². The van der Waals surface area contributed by atoms with Gasteiger partial charge in [0.2, 0.25) is 5.82 Å². The summed E-state index contributed by atoms with van der Waals surface area (Å²) < 4.78 is 66.3. The normalized spacial score (nSPS) is 17.0. The van der Waals surface area contributed by atoms with Crippen LogP contribution in [0.3, 0.4) is 0 Å². The second-order valence-corrected chi connectivity index (χ2v) is 6.36. The van der Waals surface area contributed by atoms with E-state index in [-0.39, 0.29) is 0 Å². The van der Waals surface area contributed by atoms with Gasteiger partial charge >= 0.3 is 11.9 Å². The first-order valence-electron chi connectivity index (χ1n) is 8.06. The summed E-state index contributed by atoms with van der Waals surface area (Å²) in [5.41, 5.74) is -0.187. The van der Waals surface area contributed by atoms with E-state index in [9.17, 15) is 26.7 Å². The van der Waals surface area contributed by atoms with E-state index < -0.39 is 35.4 Å². The third-order valence-electron chi connectivity index (χ3n) is 4.55. The molecule has 2 heterocycles. The fraction of sp³-hybridized carbons (Fsp3) is 0.500. The molecule has 1 aromatic carbocycles. The molecule has 1 saturated heterocycles. The monoisotopic (exact) mass is 376 g/mol. The zero-order chi connectivity index (χ0) is 19.1. The predicted molar refractivity (Wildman–Crippen MR) is 82.4 cm³/mol. The zero-order valence-electron chi connectivity index (χ0n) is 13.9. The molecule has 2 aromatic rings. The second-order valence-electron chi connectivity index (χ2n) is 6.36. The Bertz CT molecular complexity index is 849. The molecule has 1 aliphatic heterocycles. The van der Waals surface area contributed by atoms with Crippen molar-refractivity contribution in [2.24, 2.45) is 7.05 Å². The highest BCUT2D eigenvalue weighted by Gasteiger charge is 2.39. The van der Waals surface area contributed by atoms with E-state index in [0.717, 1.165) is 23.9 Å². The van der Waals surface area contributed by atoms with Gasteiger partial charge in [-0.05, 0) is 30.5 Å². The molecule has 0 radical (unpaired) electrons. The Balaban J connectivity index is 1.67. The van der Waals surface area contributed by atoms with Crippen LogP contribution in [0.25, 0.3) is 0 Å². The molecule has 26 heavy (non-hydrogen) atoms. The molecular weight excluding hydrogens is 359 g/mol. The van der Waals surface area contributed by atoms with Gasteiger partial charge in [-0.25, -0.2) is 18.3 Å². The van der Waals surface area contributed by atoms with E-state index in [1.54, 1.807) is 0 Å². The topological polar surface area (TPSA) is 43.1 Å². The summed E-state index contributed by atoms with van der Waals surface area (Å²) in [5.74, 6) is -3.05. The van der Waals surface area contributed by atoms with E-state index >= 15 is 0 Å². The highest BCUT2D eigenvalue weighted by atomic mass is 19.4. The number of benzene rings is 1.